The summed E-state index contributed by atoms with van der Waals surface area (Å²) in [5.41, 5.74) is 0.146. The van der Waals surface area contributed by atoms with Gasteiger partial charge in [-0.25, -0.2) is 0 Å². The van der Waals surface area contributed by atoms with Crippen LogP contribution in [0.1, 0.15) is 23.7 Å². The van der Waals surface area contributed by atoms with Gasteiger partial charge in [-0.3, -0.25) is 5.01 Å². The van der Waals surface area contributed by atoms with Crippen molar-refractivity contribution in [2.45, 2.75) is 18.7 Å². The Labute approximate surface area is 137 Å². The van der Waals surface area contributed by atoms with Crippen LogP contribution in [0.4, 0.5) is 13.2 Å². The molecular weight excluding hydrogens is 321 g/mol. The van der Waals surface area contributed by atoms with Crippen LogP contribution in [0.2, 0.25) is 0 Å². The molecule has 0 bridgehead atoms. The average Bonchev–Trinajstić information content (AvgIpc) is 2.58. The Morgan fingerprint density at radius 1 is 1.08 bits per heavy atom. The molecule has 1 atom stereocenters. The van der Waals surface area contributed by atoms with Crippen molar-refractivity contribution in [2.24, 2.45) is 5.29 Å². The van der Waals surface area contributed by atoms with E-state index in [9.17, 15) is 18.1 Å². The number of ether oxygens (including phenoxy) is 1. The molecule has 7 heteroatoms. The summed E-state index contributed by atoms with van der Waals surface area (Å²) in [6, 6.07) is 13.8. The highest BCUT2D eigenvalue weighted by molar-refractivity contribution is 5.30. The summed E-state index contributed by atoms with van der Waals surface area (Å²) in [4.78, 5) is 10.5. The zero-order chi connectivity index (χ0) is 17.6. The molecule has 0 N–H and O–H groups in total. The largest absolute Gasteiger partial charge is 0.486 e. The van der Waals surface area contributed by atoms with Crippen LogP contribution in [0.25, 0.3) is 0 Å². The van der Waals surface area contributed by atoms with E-state index < -0.39 is 17.8 Å². The zero-order valence-corrected chi connectivity index (χ0v) is 13.0. The van der Waals surface area contributed by atoms with Crippen molar-refractivity contribution < 1.29 is 17.9 Å². The first kappa shape index (κ1) is 17.8. The fourth-order valence-corrected chi connectivity index (χ4v) is 2.19. The van der Waals surface area contributed by atoms with Gasteiger partial charge in [0.2, 0.25) is 0 Å². The number of nitroso groups, excluding NO2 is 1. The maximum Gasteiger partial charge on any atom is 0.416 e. The Morgan fingerprint density at radius 2 is 1.71 bits per heavy atom. The SMILES string of the molecule is CN(CCC(Oc1ccc(C(F)(F)F)cc1)c1ccccc1)N=O. The molecule has 0 saturated carbocycles. The molecule has 24 heavy (non-hydrogen) atoms. The van der Waals surface area contributed by atoms with Gasteiger partial charge < -0.3 is 4.74 Å². The number of benzene rings is 2. The van der Waals surface area contributed by atoms with Crippen LogP contribution in [0.15, 0.2) is 59.9 Å². The van der Waals surface area contributed by atoms with Gasteiger partial charge in [-0.1, -0.05) is 30.3 Å². The summed E-state index contributed by atoms with van der Waals surface area (Å²) >= 11 is 0. The van der Waals surface area contributed by atoms with E-state index in [1.165, 1.54) is 17.1 Å². The minimum Gasteiger partial charge on any atom is -0.486 e. The van der Waals surface area contributed by atoms with Crippen LogP contribution in [0, 0.1) is 4.91 Å². The van der Waals surface area contributed by atoms with Crippen molar-refractivity contribution in [1.29, 1.82) is 0 Å². The summed E-state index contributed by atoms with van der Waals surface area (Å²) in [5.74, 6) is 0.332. The fourth-order valence-electron chi connectivity index (χ4n) is 2.19. The summed E-state index contributed by atoms with van der Waals surface area (Å²) in [6.07, 6.45) is -4.31. The summed E-state index contributed by atoms with van der Waals surface area (Å²) in [5, 5.41) is 4.04. The van der Waals surface area contributed by atoms with E-state index >= 15 is 0 Å². The van der Waals surface area contributed by atoms with Crippen LogP contribution in [-0.2, 0) is 6.18 Å². The van der Waals surface area contributed by atoms with Crippen molar-refractivity contribution in [3.8, 4) is 5.75 Å². The van der Waals surface area contributed by atoms with Gasteiger partial charge in [-0.05, 0) is 29.8 Å². The third-order valence-corrected chi connectivity index (χ3v) is 3.49. The van der Waals surface area contributed by atoms with E-state index in [-0.39, 0.29) is 0 Å². The van der Waals surface area contributed by atoms with Crippen LogP contribution in [0.3, 0.4) is 0 Å². The molecule has 0 aliphatic rings. The second-order valence-corrected chi connectivity index (χ2v) is 5.29. The van der Waals surface area contributed by atoms with Gasteiger partial charge in [-0.2, -0.15) is 13.2 Å². The van der Waals surface area contributed by atoms with Crippen molar-refractivity contribution in [3.63, 3.8) is 0 Å². The van der Waals surface area contributed by atoms with Gasteiger partial charge in [0.05, 0.1) is 10.8 Å². The maximum atomic E-state index is 12.6. The van der Waals surface area contributed by atoms with E-state index in [1.807, 2.05) is 30.3 Å². The second-order valence-electron chi connectivity index (χ2n) is 5.29. The molecule has 4 nitrogen and oxygen atoms in total. The molecule has 2 aromatic rings. The lowest BCUT2D eigenvalue weighted by Crippen LogP contribution is -2.18. The molecule has 0 fully saturated rings. The minimum absolute atomic E-state index is 0.332. The van der Waals surface area contributed by atoms with Gasteiger partial charge in [0.15, 0.2) is 0 Å². The molecule has 0 heterocycles. The standard InChI is InChI=1S/C17H17F3N2O2/c1-22(21-23)12-11-16(13-5-3-2-4-6-13)24-15-9-7-14(8-10-15)17(18,19)20/h2-10,16H,11-12H2,1H3. The Hall–Kier alpha value is -2.57. The van der Waals surface area contributed by atoms with E-state index in [2.05, 4.69) is 5.29 Å². The summed E-state index contributed by atoms with van der Waals surface area (Å²) in [7, 11) is 1.55. The normalized spacial score (nSPS) is 12.5. The number of halogens is 3. The van der Waals surface area contributed by atoms with E-state index in [0.717, 1.165) is 17.7 Å². The Kier molecular flexibility index (Phi) is 5.78. The Bertz CT molecular complexity index is 645. The topological polar surface area (TPSA) is 41.9 Å². The Morgan fingerprint density at radius 3 is 2.25 bits per heavy atom. The van der Waals surface area contributed by atoms with E-state index in [4.69, 9.17) is 4.74 Å². The lowest BCUT2D eigenvalue weighted by molar-refractivity contribution is -0.137. The summed E-state index contributed by atoms with van der Waals surface area (Å²) < 4.78 is 43.7. The lowest BCUT2D eigenvalue weighted by Gasteiger charge is -2.21. The first-order valence-corrected chi connectivity index (χ1v) is 7.33. The highest BCUT2D eigenvalue weighted by Gasteiger charge is 2.30. The molecule has 0 aliphatic heterocycles. The van der Waals surface area contributed by atoms with Crippen molar-refractivity contribution in [2.75, 3.05) is 13.6 Å². The number of rotatable bonds is 7. The number of hydrogen-bond donors (Lipinski definition) is 0. The first-order valence-electron chi connectivity index (χ1n) is 7.33. The van der Waals surface area contributed by atoms with Gasteiger partial charge in [-0.15, -0.1) is 4.91 Å². The summed E-state index contributed by atoms with van der Waals surface area (Å²) in [6.45, 7) is 0.365. The van der Waals surface area contributed by atoms with Crippen LogP contribution in [0.5, 0.6) is 5.75 Å². The number of alkyl halides is 3. The minimum atomic E-state index is -4.38. The predicted octanol–water partition coefficient (Wildman–Crippen LogP) is 4.83. The van der Waals surface area contributed by atoms with Crippen LogP contribution in [-0.4, -0.2) is 18.6 Å². The molecule has 1 unspecified atom stereocenters. The van der Waals surface area contributed by atoms with E-state index in [1.54, 1.807) is 7.05 Å². The van der Waals surface area contributed by atoms with Gasteiger partial charge in [0, 0.05) is 20.0 Å². The monoisotopic (exact) mass is 338 g/mol. The molecule has 0 saturated heterocycles. The predicted molar refractivity (Wildman–Crippen MR) is 84.3 cm³/mol. The van der Waals surface area contributed by atoms with Gasteiger partial charge in [0.1, 0.15) is 11.9 Å². The van der Waals surface area contributed by atoms with Crippen molar-refractivity contribution in [1.82, 2.24) is 5.01 Å². The number of nitrogens with zero attached hydrogens (tertiary/aromatic N) is 2. The molecule has 0 amide bonds. The molecule has 0 spiro atoms. The average molecular weight is 338 g/mol. The van der Waals surface area contributed by atoms with Gasteiger partial charge >= 0.3 is 6.18 Å². The smallest absolute Gasteiger partial charge is 0.416 e. The quantitative estimate of drug-likeness (QED) is 0.536. The highest BCUT2D eigenvalue weighted by Crippen LogP contribution is 2.32. The molecule has 2 rings (SSSR count). The third kappa shape index (κ3) is 4.97. The first-order chi connectivity index (χ1) is 11.4. The van der Waals surface area contributed by atoms with Crippen molar-refractivity contribution in [3.05, 3.63) is 70.6 Å². The van der Waals surface area contributed by atoms with Gasteiger partial charge in [0.25, 0.3) is 0 Å². The highest BCUT2D eigenvalue weighted by atomic mass is 19.4. The molecule has 2 aromatic carbocycles. The second kappa shape index (κ2) is 7.81. The Balaban J connectivity index is 2.14. The zero-order valence-electron chi connectivity index (χ0n) is 13.0. The molecule has 0 radical (unpaired) electrons. The lowest BCUT2D eigenvalue weighted by atomic mass is 10.1. The van der Waals surface area contributed by atoms with Crippen LogP contribution < -0.4 is 4.74 Å². The number of hydrogen-bond acceptors (Lipinski definition) is 3. The third-order valence-electron chi connectivity index (χ3n) is 3.49. The fraction of sp³-hybridized carbons (Fsp3) is 0.294. The molecule has 0 aliphatic carbocycles. The molecule has 0 aromatic heterocycles. The molecule has 128 valence electrons. The van der Waals surface area contributed by atoms with Crippen molar-refractivity contribution >= 4 is 0 Å². The van der Waals surface area contributed by atoms with E-state index in [0.29, 0.717) is 18.7 Å². The molecular formula is C17H17F3N2O2. The maximum absolute atomic E-state index is 12.6. The van der Waals surface area contributed by atoms with Crippen LogP contribution >= 0.6 is 0 Å².